The van der Waals surface area contributed by atoms with Gasteiger partial charge in [0.05, 0.1) is 0 Å². The Labute approximate surface area is 685 Å². The lowest BCUT2D eigenvalue weighted by molar-refractivity contribution is -0.660. The van der Waals surface area contributed by atoms with Crippen LogP contribution in [0.25, 0.3) is 56.3 Å². The van der Waals surface area contributed by atoms with Crippen LogP contribution in [0.1, 0.15) is 333 Å². The van der Waals surface area contributed by atoms with Crippen LogP contribution in [0.15, 0.2) is 183 Å². The molecule has 112 heavy (non-hydrogen) atoms. The monoisotopic (exact) mass is 1510 g/mol. The van der Waals surface area contributed by atoms with Gasteiger partial charge in [0.25, 0.3) is 0 Å². The van der Waals surface area contributed by atoms with Crippen molar-refractivity contribution in [3.63, 3.8) is 0 Å². The van der Waals surface area contributed by atoms with E-state index in [4.69, 9.17) is 0 Å². The van der Waals surface area contributed by atoms with E-state index in [-0.39, 0.29) is 5.41 Å². The van der Waals surface area contributed by atoms with Crippen molar-refractivity contribution in [3.05, 3.63) is 266 Å². The summed E-state index contributed by atoms with van der Waals surface area (Å²) < 4.78 is 11.2. The molecule has 10 rings (SSSR count). The Bertz CT molecular complexity index is 4510. The fourth-order valence-electron chi connectivity index (χ4n) is 16.6. The molecule has 5 aromatic heterocycles. The highest BCUT2D eigenvalue weighted by atomic mass is 14.9. The van der Waals surface area contributed by atoms with E-state index in [1.807, 2.05) is 0 Å². The van der Waals surface area contributed by atoms with Crippen molar-refractivity contribution < 1.29 is 22.8 Å². The van der Waals surface area contributed by atoms with Crippen LogP contribution < -0.4 is 22.8 Å². The predicted molar refractivity (Wildman–Crippen MR) is 485 cm³/mol. The zero-order valence-electron chi connectivity index (χ0n) is 76.4. The van der Waals surface area contributed by atoms with E-state index in [2.05, 4.69) is 414 Å². The van der Waals surface area contributed by atoms with Crippen molar-refractivity contribution >= 4 is 0 Å². The summed E-state index contributed by atoms with van der Waals surface area (Å²) in [6, 6.07) is 57.9. The van der Waals surface area contributed by atoms with E-state index in [9.17, 15) is 0 Å². The van der Waals surface area contributed by atoms with Crippen LogP contribution in [0.3, 0.4) is 0 Å². The zero-order chi connectivity index (χ0) is 82.8. The molecule has 602 valence electrons. The van der Waals surface area contributed by atoms with Crippen LogP contribution in [0.4, 0.5) is 0 Å². The average Bonchev–Trinajstić information content (AvgIpc) is 0.817. The smallest absolute Gasteiger partial charge is 0.201 e. The maximum absolute atomic E-state index is 2.43. The number of pyridine rings is 5. The molecule has 5 nitrogen and oxygen atoms in total. The third-order valence-electron chi connectivity index (χ3n) is 24.6. The molecule has 5 aromatic carbocycles. The van der Waals surface area contributed by atoms with Crippen LogP contribution in [-0.2, 0) is 47.1 Å². The molecule has 0 atom stereocenters. The maximum atomic E-state index is 2.43. The molecule has 0 saturated heterocycles. The molecule has 5 heteroatoms. The van der Waals surface area contributed by atoms with Gasteiger partial charge in [0, 0.05) is 88.5 Å². The predicted octanol–water partition coefficient (Wildman–Crippen LogP) is 27.8. The summed E-state index contributed by atoms with van der Waals surface area (Å²) in [4.78, 5) is 0. The second kappa shape index (κ2) is 44.5. The van der Waals surface area contributed by atoms with Gasteiger partial charge in [-0.25, -0.2) is 22.8 Å². The number of aromatic nitrogens is 5. The van der Waals surface area contributed by atoms with Crippen molar-refractivity contribution in [2.24, 2.45) is 41.2 Å². The molecular weight excluding hydrogens is 1360 g/mol. The molecular formula is C107H154N5+5. The lowest BCUT2D eigenvalue weighted by Gasteiger charge is -2.20. The van der Waals surface area contributed by atoms with E-state index >= 15 is 0 Å². The van der Waals surface area contributed by atoms with Gasteiger partial charge in [0.15, 0.2) is 31.0 Å². The summed E-state index contributed by atoms with van der Waals surface area (Å²) in [5, 5.41) is 0. The summed E-state index contributed by atoms with van der Waals surface area (Å²) in [6.07, 6.45) is 26.7. The van der Waals surface area contributed by atoms with Crippen molar-refractivity contribution in [3.8, 4) is 56.3 Å². The maximum Gasteiger partial charge on any atom is 0.212 e. The molecule has 0 aliphatic rings. The second-order valence-electron chi connectivity index (χ2n) is 34.5. The largest absolute Gasteiger partial charge is 0.212 e. The van der Waals surface area contributed by atoms with E-state index in [0.717, 1.165) is 6.42 Å². The molecule has 0 N–H and O–H groups in total. The lowest BCUT2D eigenvalue weighted by atomic mass is 9.84. The number of hydrogen-bond donors (Lipinski definition) is 0. The topological polar surface area (TPSA) is 19.4 Å². The highest BCUT2D eigenvalue weighted by Crippen LogP contribution is 2.37. The Morgan fingerprint density at radius 2 is 0.536 bits per heavy atom. The third-order valence-corrected chi connectivity index (χ3v) is 24.6. The Morgan fingerprint density at radius 1 is 0.259 bits per heavy atom. The van der Waals surface area contributed by atoms with Gasteiger partial charge in [-0.15, -0.1) is 0 Å². The summed E-state index contributed by atoms with van der Waals surface area (Å²) in [5.41, 5.74) is 34.7. The van der Waals surface area contributed by atoms with Gasteiger partial charge in [-0.05, 0) is 286 Å². The molecule has 0 spiro atoms. The molecule has 0 bridgehead atoms. The molecule has 0 saturated carbocycles. The minimum atomic E-state index is 0.175. The molecule has 0 fully saturated rings. The van der Waals surface area contributed by atoms with Crippen molar-refractivity contribution in [1.82, 2.24) is 0 Å². The van der Waals surface area contributed by atoms with Gasteiger partial charge < -0.3 is 0 Å². The van der Waals surface area contributed by atoms with Gasteiger partial charge >= 0.3 is 0 Å². The molecule has 0 aliphatic heterocycles. The molecule has 0 aliphatic carbocycles. The van der Waals surface area contributed by atoms with E-state index < -0.39 is 0 Å². The van der Waals surface area contributed by atoms with E-state index in [1.165, 1.54) is 217 Å². The first-order chi connectivity index (χ1) is 53.3. The van der Waals surface area contributed by atoms with Gasteiger partial charge in [0.1, 0.15) is 35.2 Å². The Kier molecular flexibility index (Phi) is 36.8. The van der Waals surface area contributed by atoms with Crippen LogP contribution in [0.2, 0.25) is 0 Å². The highest BCUT2D eigenvalue weighted by molar-refractivity contribution is 5.67. The Morgan fingerprint density at radius 3 is 0.839 bits per heavy atom. The van der Waals surface area contributed by atoms with Crippen molar-refractivity contribution in [2.45, 2.75) is 303 Å². The number of benzene rings is 5. The van der Waals surface area contributed by atoms with Gasteiger partial charge in [-0.1, -0.05) is 198 Å². The first-order valence-electron chi connectivity index (χ1n) is 43.8. The highest BCUT2D eigenvalue weighted by Gasteiger charge is 2.25. The van der Waals surface area contributed by atoms with E-state index in [0.29, 0.717) is 47.3 Å². The summed E-state index contributed by atoms with van der Waals surface area (Å²) in [6.45, 7) is 56.6. The number of aryl methyl sites for hydroxylation is 11. The fourth-order valence-corrected chi connectivity index (χ4v) is 16.6. The van der Waals surface area contributed by atoms with Crippen LogP contribution in [-0.4, -0.2) is 0 Å². The molecule has 0 unspecified atom stereocenters. The first kappa shape index (κ1) is 92.7. The zero-order valence-corrected chi connectivity index (χ0v) is 76.4. The second-order valence-corrected chi connectivity index (χ2v) is 34.5. The van der Waals surface area contributed by atoms with E-state index in [1.54, 1.807) is 0 Å². The first-order valence-corrected chi connectivity index (χ1v) is 43.8. The standard InChI is InChI=1S/C23H34N.2C22H32N.C21H30N.C19H26N/c1-7-18(8-2)20-12-11-17(5)22(15-20)23-16-21(13-14-24(23)6)19(9-3)10-4;1-8-17(9-2)18-12-13-23(7)21(14-18)20-15-19(22(4,5)6)11-10-16(20)3;1-7-19(8-2)20-11-12-23(6)22(15-20)21-14-18(13-16(3)4)10-9-17(21)5;1-7-17(8-2)19-11-12-22(6)21(14-19)20-10-9-18(15(3)4)13-16(20)5;1-6-16(7-2)17-10-11-20(5)19(13-17)18-9-8-14(3)12-15(18)4/h11-16,18-19H,7-10H2,1-6H3;10-15,17H,8-9H2,1-7H3;9-12,14-16,19H,7-8,13H2,1-6H3;9-15,17H,7-8H2,1-6H3;8-13,16H,6-7H2,1-5H3/q5*+1. The van der Waals surface area contributed by atoms with Gasteiger partial charge in [-0.3, -0.25) is 0 Å². The number of nitrogens with zero attached hydrogens (tertiary/aromatic N) is 5. The third kappa shape index (κ3) is 24.9. The van der Waals surface area contributed by atoms with Gasteiger partial charge in [0.2, 0.25) is 28.5 Å². The number of hydrogen-bond acceptors (Lipinski definition) is 0. The summed E-state index contributed by atoms with van der Waals surface area (Å²) in [5.74, 6) is 5.24. The van der Waals surface area contributed by atoms with Crippen LogP contribution >= 0.6 is 0 Å². The molecule has 5 heterocycles. The molecule has 0 amide bonds. The van der Waals surface area contributed by atoms with Crippen molar-refractivity contribution in [1.29, 1.82) is 0 Å². The summed E-state index contributed by atoms with van der Waals surface area (Å²) >= 11 is 0. The Balaban J connectivity index is 0.000000218. The lowest BCUT2D eigenvalue weighted by Crippen LogP contribution is -2.31. The molecule has 10 aromatic rings. The SMILES string of the molecule is CCC(CC)c1cc[n+](C)c(-c2cc(C(C)(C)C)ccc2C)c1.CCC(CC)c1cc[n+](C)c(-c2cc(CC(C)C)ccc2C)c1.CCC(CC)c1cc[n+](C)c(-c2ccc(C(C)C)cc2C)c1.CCC(CC)c1cc[n+](C)c(-c2ccc(C)cc2C)c1.CCC(CC)c1ccc(C)c(-c2cc(C(CC)CC)cc[n+]2C)c1. The number of rotatable bonds is 26. The quantitative estimate of drug-likeness (QED) is 0.0482. The molecule has 0 radical (unpaired) electrons. The average molecular weight is 1510 g/mol. The Hall–Kier alpha value is -8.15. The van der Waals surface area contributed by atoms with Crippen LogP contribution in [0, 0.1) is 47.5 Å². The fraction of sp³-hybridized carbons (Fsp3) is 0.486. The van der Waals surface area contributed by atoms with Crippen molar-refractivity contribution in [2.75, 3.05) is 0 Å². The van der Waals surface area contributed by atoms with Crippen LogP contribution in [0.5, 0.6) is 0 Å². The minimum absolute atomic E-state index is 0.175. The van der Waals surface area contributed by atoms with Gasteiger partial charge in [-0.2, -0.15) is 0 Å². The summed E-state index contributed by atoms with van der Waals surface area (Å²) in [7, 11) is 10.7. The normalized spacial score (nSPS) is 11.5. The minimum Gasteiger partial charge on any atom is -0.201 e.